The molecule has 0 spiro atoms. The number of carboxylic acids is 1. The van der Waals surface area contributed by atoms with Crippen LogP contribution in [0.15, 0.2) is 29.4 Å². The number of nitrogens with zero attached hydrogens (tertiary/aromatic N) is 3. The van der Waals surface area contributed by atoms with Crippen molar-refractivity contribution in [2.75, 3.05) is 21.3 Å². The Labute approximate surface area is 143 Å². The third-order valence-corrected chi connectivity index (χ3v) is 3.14. The maximum atomic E-state index is 11.7. The van der Waals surface area contributed by atoms with Crippen LogP contribution in [0.3, 0.4) is 0 Å². The molecule has 0 aliphatic heterocycles. The number of rotatable bonds is 7. The van der Waals surface area contributed by atoms with Gasteiger partial charge >= 0.3 is 12.0 Å². The molecule has 0 saturated heterocycles. The molecule has 1 aromatic heterocycles. The van der Waals surface area contributed by atoms with E-state index in [0.717, 1.165) is 0 Å². The number of hydrogen-bond donors (Lipinski definition) is 1. The molecule has 9 nitrogen and oxygen atoms in total. The Hall–Kier alpha value is -3.36. The van der Waals surface area contributed by atoms with Gasteiger partial charge in [-0.25, -0.2) is 4.79 Å². The van der Waals surface area contributed by atoms with Gasteiger partial charge in [0.15, 0.2) is 0 Å². The van der Waals surface area contributed by atoms with Crippen LogP contribution in [0.25, 0.3) is 0 Å². The molecule has 0 fully saturated rings. The molecular formula is C16H17N3O6. The molecule has 0 unspecified atom stereocenters. The Morgan fingerprint density at radius 2 is 1.76 bits per heavy atom. The fourth-order valence-corrected chi connectivity index (χ4v) is 2.06. The third-order valence-electron chi connectivity index (χ3n) is 3.14. The summed E-state index contributed by atoms with van der Waals surface area (Å²) in [6, 6.07) is 6.07. The second kappa shape index (κ2) is 7.95. The van der Waals surface area contributed by atoms with Crippen LogP contribution in [0, 0.1) is 0 Å². The number of benzene rings is 1. The van der Waals surface area contributed by atoms with E-state index in [9.17, 15) is 9.90 Å². The number of oxime groups is 1. The minimum Gasteiger partial charge on any atom is -0.481 e. The maximum Gasteiger partial charge on any atom is 0.340 e. The molecule has 1 aromatic carbocycles. The van der Waals surface area contributed by atoms with E-state index in [2.05, 4.69) is 15.1 Å². The number of aromatic carboxylic acids is 1. The van der Waals surface area contributed by atoms with E-state index in [1.807, 2.05) is 0 Å². The normalized spacial score (nSPS) is 11.0. The first kappa shape index (κ1) is 18.0. The van der Waals surface area contributed by atoms with Gasteiger partial charge in [-0.1, -0.05) is 17.3 Å². The van der Waals surface area contributed by atoms with Gasteiger partial charge in [-0.3, -0.25) is 0 Å². The average Bonchev–Trinajstić information content (AvgIpc) is 2.61. The Kier molecular flexibility index (Phi) is 5.72. The predicted octanol–water partition coefficient (Wildman–Crippen LogP) is 2.35. The second-order valence-corrected chi connectivity index (χ2v) is 4.68. The van der Waals surface area contributed by atoms with Crippen molar-refractivity contribution in [2.24, 2.45) is 5.16 Å². The summed E-state index contributed by atoms with van der Waals surface area (Å²) in [6.07, 6.45) is 0. The molecule has 25 heavy (non-hydrogen) atoms. The fourth-order valence-electron chi connectivity index (χ4n) is 2.06. The van der Waals surface area contributed by atoms with Crippen molar-refractivity contribution in [2.45, 2.75) is 6.92 Å². The molecule has 2 rings (SSSR count). The average molecular weight is 347 g/mol. The van der Waals surface area contributed by atoms with Gasteiger partial charge in [-0.15, -0.1) is 0 Å². The minimum absolute atomic E-state index is 0.0472. The summed E-state index contributed by atoms with van der Waals surface area (Å²) in [6.45, 7) is 1.63. The molecule has 0 aliphatic rings. The number of carbonyl (C=O) groups is 1. The molecule has 1 heterocycles. The highest BCUT2D eigenvalue weighted by Crippen LogP contribution is 2.29. The standard InChI is InChI=1S/C16H17N3O6/c1-9(19-24-4)10-6-5-7-11(14(10)15(20)21)25-16-17-12(22-2)8-13(18-16)23-3/h5-8H,1-4H3,(H,20,21). The number of aromatic nitrogens is 2. The van der Waals surface area contributed by atoms with E-state index in [0.29, 0.717) is 11.3 Å². The smallest absolute Gasteiger partial charge is 0.340 e. The maximum absolute atomic E-state index is 11.7. The van der Waals surface area contributed by atoms with Gasteiger partial charge in [-0.2, -0.15) is 9.97 Å². The van der Waals surface area contributed by atoms with Crippen molar-refractivity contribution < 1.29 is 28.9 Å². The Morgan fingerprint density at radius 3 is 2.28 bits per heavy atom. The number of ether oxygens (including phenoxy) is 3. The minimum atomic E-state index is -1.19. The molecular weight excluding hydrogens is 330 g/mol. The van der Waals surface area contributed by atoms with Crippen molar-refractivity contribution >= 4 is 11.7 Å². The van der Waals surface area contributed by atoms with Crippen molar-refractivity contribution in [3.8, 4) is 23.5 Å². The Morgan fingerprint density at radius 1 is 1.12 bits per heavy atom. The van der Waals surface area contributed by atoms with Crippen LogP contribution in [0.1, 0.15) is 22.8 Å². The lowest BCUT2D eigenvalue weighted by atomic mass is 10.0. The third kappa shape index (κ3) is 4.14. The molecule has 0 amide bonds. The first-order chi connectivity index (χ1) is 12.0. The van der Waals surface area contributed by atoms with Gasteiger partial charge in [0.2, 0.25) is 11.8 Å². The van der Waals surface area contributed by atoms with Gasteiger partial charge in [0, 0.05) is 5.56 Å². The topological polar surface area (TPSA) is 112 Å². The first-order valence-electron chi connectivity index (χ1n) is 7.09. The Balaban J connectivity index is 2.51. The summed E-state index contributed by atoms with van der Waals surface area (Å²) in [5.41, 5.74) is 0.641. The van der Waals surface area contributed by atoms with E-state index in [-0.39, 0.29) is 29.1 Å². The Bertz CT molecular complexity index is 784. The highest BCUT2D eigenvalue weighted by molar-refractivity contribution is 6.08. The number of hydrogen-bond acceptors (Lipinski definition) is 8. The van der Waals surface area contributed by atoms with Gasteiger partial charge < -0.3 is 24.2 Å². The van der Waals surface area contributed by atoms with Gasteiger partial charge in [0.05, 0.1) is 26.0 Å². The summed E-state index contributed by atoms with van der Waals surface area (Å²) in [5, 5.41) is 13.3. The van der Waals surface area contributed by atoms with Crippen molar-refractivity contribution in [1.82, 2.24) is 9.97 Å². The highest BCUT2D eigenvalue weighted by Gasteiger charge is 2.20. The highest BCUT2D eigenvalue weighted by atomic mass is 16.6. The molecule has 1 N–H and O–H groups in total. The van der Waals surface area contributed by atoms with Gasteiger partial charge in [-0.05, 0) is 13.0 Å². The first-order valence-corrected chi connectivity index (χ1v) is 7.09. The van der Waals surface area contributed by atoms with E-state index >= 15 is 0 Å². The summed E-state index contributed by atoms with van der Waals surface area (Å²) < 4.78 is 15.7. The van der Waals surface area contributed by atoms with Crippen molar-refractivity contribution in [3.63, 3.8) is 0 Å². The van der Waals surface area contributed by atoms with Crippen molar-refractivity contribution in [3.05, 3.63) is 35.4 Å². The second-order valence-electron chi connectivity index (χ2n) is 4.68. The monoisotopic (exact) mass is 347 g/mol. The largest absolute Gasteiger partial charge is 0.481 e. The van der Waals surface area contributed by atoms with Crippen LogP contribution < -0.4 is 14.2 Å². The molecule has 0 radical (unpaired) electrons. The summed E-state index contributed by atoms with van der Waals surface area (Å²) >= 11 is 0. The quantitative estimate of drug-likeness (QED) is 0.600. The molecule has 0 saturated carbocycles. The zero-order valence-corrected chi connectivity index (χ0v) is 14.1. The van der Waals surface area contributed by atoms with E-state index in [4.69, 9.17) is 19.0 Å². The molecule has 9 heteroatoms. The van der Waals surface area contributed by atoms with E-state index < -0.39 is 5.97 Å². The van der Waals surface area contributed by atoms with Crippen LogP contribution in [0.5, 0.6) is 23.5 Å². The number of methoxy groups -OCH3 is 2. The van der Waals surface area contributed by atoms with E-state index in [1.165, 1.54) is 33.5 Å². The van der Waals surface area contributed by atoms with Crippen LogP contribution in [0.4, 0.5) is 0 Å². The lowest BCUT2D eigenvalue weighted by Gasteiger charge is -2.12. The zero-order valence-electron chi connectivity index (χ0n) is 14.1. The van der Waals surface area contributed by atoms with Crippen LogP contribution in [-0.4, -0.2) is 48.1 Å². The summed E-state index contributed by atoms with van der Waals surface area (Å²) in [7, 11) is 4.24. The SMILES string of the molecule is CON=C(C)c1cccc(Oc2nc(OC)cc(OC)n2)c1C(=O)O. The number of carboxylic acid groups (broad SMARTS) is 1. The molecule has 0 aliphatic carbocycles. The summed E-state index contributed by atoms with van der Waals surface area (Å²) in [4.78, 5) is 24.5. The van der Waals surface area contributed by atoms with Gasteiger partial charge in [0.25, 0.3) is 0 Å². The van der Waals surface area contributed by atoms with Crippen LogP contribution in [-0.2, 0) is 4.84 Å². The molecule has 132 valence electrons. The predicted molar refractivity (Wildman–Crippen MR) is 87.8 cm³/mol. The fraction of sp³-hybridized carbons (Fsp3) is 0.250. The zero-order chi connectivity index (χ0) is 18.4. The lowest BCUT2D eigenvalue weighted by Crippen LogP contribution is -2.10. The van der Waals surface area contributed by atoms with Crippen LogP contribution >= 0.6 is 0 Å². The van der Waals surface area contributed by atoms with Crippen molar-refractivity contribution in [1.29, 1.82) is 0 Å². The van der Waals surface area contributed by atoms with E-state index in [1.54, 1.807) is 19.1 Å². The molecule has 0 bridgehead atoms. The molecule has 0 atom stereocenters. The van der Waals surface area contributed by atoms with Gasteiger partial charge in [0.1, 0.15) is 18.4 Å². The van der Waals surface area contributed by atoms with Crippen LogP contribution in [0.2, 0.25) is 0 Å². The lowest BCUT2D eigenvalue weighted by molar-refractivity contribution is 0.0693. The molecule has 2 aromatic rings. The summed E-state index contributed by atoms with van der Waals surface area (Å²) in [5.74, 6) is -0.712.